The molecule has 0 spiro atoms. The van der Waals surface area contributed by atoms with Gasteiger partial charge in [0.15, 0.2) is 9.84 Å². The smallest absolute Gasteiger partial charge is 0.195 e. The molecule has 2 atom stereocenters. The lowest BCUT2D eigenvalue weighted by Gasteiger charge is -2.42. The summed E-state index contributed by atoms with van der Waals surface area (Å²) in [7, 11) is -1.80. The molecule has 0 radical (unpaired) electrons. The first-order chi connectivity index (χ1) is 14.5. The van der Waals surface area contributed by atoms with Crippen LogP contribution in [0.1, 0.15) is 18.4 Å². The fourth-order valence-electron chi connectivity index (χ4n) is 4.66. The average molecular weight is 430 g/mol. The minimum absolute atomic E-state index is 0.0340. The van der Waals surface area contributed by atoms with Gasteiger partial charge in [0.25, 0.3) is 0 Å². The molecule has 2 aliphatic heterocycles. The molecule has 2 aromatic rings. The van der Waals surface area contributed by atoms with Crippen LogP contribution < -0.4 is 15.0 Å². The first kappa shape index (κ1) is 21.2. The van der Waals surface area contributed by atoms with Gasteiger partial charge in [0.05, 0.1) is 17.7 Å². The molecule has 2 heterocycles. The van der Waals surface area contributed by atoms with E-state index in [1.165, 1.54) is 0 Å². The van der Waals surface area contributed by atoms with Crippen molar-refractivity contribution in [3.8, 4) is 5.75 Å². The van der Waals surface area contributed by atoms with Gasteiger partial charge in [-0.2, -0.15) is 0 Å². The predicted octanol–water partition coefficient (Wildman–Crippen LogP) is 2.68. The third-order valence-corrected chi connectivity index (χ3v) is 8.35. The molecule has 0 aliphatic carbocycles. The predicted molar refractivity (Wildman–Crippen MR) is 120 cm³/mol. The Kier molecular flexibility index (Phi) is 6.32. The maximum absolute atomic E-state index is 13.7. The van der Waals surface area contributed by atoms with Crippen molar-refractivity contribution in [3.63, 3.8) is 0 Å². The zero-order valence-electron chi connectivity index (χ0n) is 17.8. The third kappa shape index (κ3) is 4.19. The zero-order valence-corrected chi connectivity index (χ0v) is 18.6. The second-order valence-corrected chi connectivity index (χ2v) is 10.2. The standard InChI is InChI=1S/C23H31N3O3S/c1-18-7-5-8-19(17-18)30(27,28)23(20-9-6-12-24-20)26-15-13-25(14-16-26)21-10-3-4-11-22(21)29-2/h3-5,7-8,10-11,17,20,23-24H,6,9,12-16H2,1-2H3/t20?,23-/m0/s1. The summed E-state index contributed by atoms with van der Waals surface area (Å²) < 4.78 is 32.9. The van der Waals surface area contributed by atoms with Gasteiger partial charge >= 0.3 is 0 Å². The van der Waals surface area contributed by atoms with Crippen LogP contribution in [0.15, 0.2) is 53.4 Å². The molecular formula is C23H31N3O3S. The molecule has 7 heteroatoms. The molecule has 2 saturated heterocycles. The lowest BCUT2D eigenvalue weighted by atomic mass is 10.2. The molecule has 1 unspecified atom stereocenters. The molecule has 162 valence electrons. The molecule has 0 saturated carbocycles. The number of rotatable bonds is 6. The van der Waals surface area contributed by atoms with E-state index in [9.17, 15) is 8.42 Å². The van der Waals surface area contributed by atoms with E-state index in [0.29, 0.717) is 18.0 Å². The molecule has 1 N–H and O–H groups in total. The van der Waals surface area contributed by atoms with Crippen molar-refractivity contribution in [2.24, 2.45) is 0 Å². The number of benzene rings is 2. The van der Waals surface area contributed by atoms with Gasteiger partial charge in [0.2, 0.25) is 0 Å². The van der Waals surface area contributed by atoms with Gasteiger partial charge in [-0.15, -0.1) is 0 Å². The highest BCUT2D eigenvalue weighted by molar-refractivity contribution is 7.92. The molecule has 2 fully saturated rings. The van der Waals surface area contributed by atoms with Gasteiger partial charge in [-0.3, -0.25) is 4.90 Å². The second-order valence-electron chi connectivity index (χ2n) is 8.15. The van der Waals surface area contributed by atoms with Crippen molar-refractivity contribution in [2.75, 3.05) is 44.7 Å². The molecule has 2 aliphatic rings. The van der Waals surface area contributed by atoms with Gasteiger partial charge in [-0.05, 0) is 56.1 Å². The van der Waals surface area contributed by atoms with Crippen molar-refractivity contribution in [2.45, 2.75) is 36.1 Å². The van der Waals surface area contributed by atoms with E-state index < -0.39 is 15.2 Å². The number of aryl methyl sites for hydroxylation is 1. The fourth-order valence-corrected chi connectivity index (χ4v) is 6.83. The highest BCUT2D eigenvalue weighted by atomic mass is 32.2. The SMILES string of the molecule is COc1ccccc1N1CCN([C@H](C2CCCN2)S(=O)(=O)c2cccc(C)c2)CC1. The monoisotopic (exact) mass is 429 g/mol. The number of methoxy groups -OCH3 is 1. The summed E-state index contributed by atoms with van der Waals surface area (Å²) >= 11 is 0. The average Bonchev–Trinajstić information content (AvgIpc) is 3.28. The van der Waals surface area contributed by atoms with Gasteiger partial charge in [0.1, 0.15) is 11.1 Å². The Bertz CT molecular complexity index is 965. The fraction of sp³-hybridized carbons (Fsp3) is 0.478. The zero-order chi connectivity index (χ0) is 21.1. The minimum atomic E-state index is -3.48. The Labute approximate surface area is 179 Å². The van der Waals surface area contributed by atoms with E-state index in [4.69, 9.17) is 4.74 Å². The lowest BCUT2D eigenvalue weighted by Crippen LogP contribution is -2.58. The number of piperazine rings is 1. The molecule has 4 rings (SSSR count). The van der Waals surface area contributed by atoms with Crippen LogP contribution in [0.4, 0.5) is 5.69 Å². The number of sulfone groups is 1. The Morgan fingerprint density at radius 1 is 1.07 bits per heavy atom. The number of hydrogen-bond donors (Lipinski definition) is 1. The van der Waals surface area contributed by atoms with Crippen molar-refractivity contribution < 1.29 is 13.2 Å². The second kappa shape index (κ2) is 8.96. The minimum Gasteiger partial charge on any atom is -0.495 e. The Morgan fingerprint density at radius 2 is 1.83 bits per heavy atom. The highest BCUT2D eigenvalue weighted by Crippen LogP contribution is 2.31. The summed E-state index contributed by atoms with van der Waals surface area (Å²) in [5.74, 6) is 0.854. The van der Waals surface area contributed by atoms with E-state index in [2.05, 4.69) is 21.2 Å². The van der Waals surface area contributed by atoms with Crippen LogP contribution in [0.25, 0.3) is 0 Å². The van der Waals surface area contributed by atoms with Crippen LogP contribution >= 0.6 is 0 Å². The van der Waals surface area contributed by atoms with Crippen molar-refractivity contribution in [3.05, 3.63) is 54.1 Å². The number of para-hydroxylation sites is 2. The first-order valence-corrected chi connectivity index (χ1v) is 12.2. The molecule has 0 bridgehead atoms. The summed E-state index contributed by atoms with van der Waals surface area (Å²) in [4.78, 5) is 4.87. The van der Waals surface area contributed by atoms with Crippen LogP contribution in [0.3, 0.4) is 0 Å². The van der Waals surface area contributed by atoms with E-state index in [1.54, 1.807) is 19.2 Å². The normalized spacial score (nSPS) is 21.5. The van der Waals surface area contributed by atoms with E-state index in [-0.39, 0.29) is 6.04 Å². The van der Waals surface area contributed by atoms with Gasteiger partial charge in [-0.25, -0.2) is 8.42 Å². The van der Waals surface area contributed by atoms with Gasteiger partial charge in [0, 0.05) is 32.2 Å². The first-order valence-electron chi connectivity index (χ1n) is 10.7. The maximum atomic E-state index is 13.7. The Balaban J connectivity index is 1.57. The van der Waals surface area contributed by atoms with Gasteiger partial charge in [-0.1, -0.05) is 24.3 Å². The number of anilines is 1. The molecule has 30 heavy (non-hydrogen) atoms. The number of ether oxygens (including phenoxy) is 1. The van der Waals surface area contributed by atoms with Crippen LogP contribution in [-0.2, 0) is 9.84 Å². The summed E-state index contributed by atoms with van der Waals surface area (Å²) in [6, 6.07) is 15.3. The van der Waals surface area contributed by atoms with Crippen LogP contribution in [0.5, 0.6) is 5.75 Å². The Morgan fingerprint density at radius 3 is 2.50 bits per heavy atom. The quantitative estimate of drug-likeness (QED) is 0.762. The van der Waals surface area contributed by atoms with Crippen LogP contribution in [0, 0.1) is 6.92 Å². The van der Waals surface area contributed by atoms with E-state index in [0.717, 1.165) is 49.5 Å². The van der Waals surface area contributed by atoms with Crippen LogP contribution in [-0.4, -0.2) is 64.6 Å². The maximum Gasteiger partial charge on any atom is 0.195 e. The third-order valence-electron chi connectivity index (χ3n) is 6.18. The molecule has 0 amide bonds. The number of nitrogens with zero attached hydrogens (tertiary/aromatic N) is 2. The largest absolute Gasteiger partial charge is 0.495 e. The highest BCUT2D eigenvalue weighted by Gasteiger charge is 2.41. The van der Waals surface area contributed by atoms with Crippen molar-refractivity contribution in [1.82, 2.24) is 10.2 Å². The number of hydrogen-bond acceptors (Lipinski definition) is 6. The topological polar surface area (TPSA) is 61.9 Å². The summed E-state index contributed by atoms with van der Waals surface area (Å²) in [6.45, 7) is 5.76. The lowest BCUT2D eigenvalue weighted by molar-refractivity contribution is 0.204. The summed E-state index contributed by atoms with van der Waals surface area (Å²) in [5, 5.41) is 2.91. The summed E-state index contributed by atoms with van der Waals surface area (Å²) in [5.41, 5.74) is 2.03. The van der Waals surface area contributed by atoms with E-state index in [1.807, 2.05) is 37.3 Å². The number of nitrogens with one attached hydrogen (secondary N) is 1. The summed E-state index contributed by atoms with van der Waals surface area (Å²) in [6.07, 6.45) is 1.91. The van der Waals surface area contributed by atoms with E-state index >= 15 is 0 Å². The van der Waals surface area contributed by atoms with Crippen LogP contribution in [0.2, 0.25) is 0 Å². The molecule has 2 aromatic carbocycles. The van der Waals surface area contributed by atoms with Gasteiger partial charge < -0.3 is 15.0 Å². The molecular weight excluding hydrogens is 398 g/mol. The Hall–Kier alpha value is -2.09. The molecule has 6 nitrogen and oxygen atoms in total. The van der Waals surface area contributed by atoms with Crippen molar-refractivity contribution in [1.29, 1.82) is 0 Å². The molecule has 0 aromatic heterocycles. The van der Waals surface area contributed by atoms with Crippen molar-refractivity contribution >= 4 is 15.5 Å².